The van der Waals surface area contributed by atoms with Gasteiger partial charge < -0.3 is 44.1 Å². The van der Waals surface area contributed by atoms with Crippen molar-refractivity contribution in [3.05, 3.63) is 22.8 Å². The Hall–Kier alpha value is -0.880. The van der Waals surface area contributed by atoms with Crippen LogP contribution in [0.15, 0.2) is 22.8 Å². The first-order valence-electron chi connectivity index (χ1n) is 14.0. The van der Waals surface area contributed by atoms with Crippen LogP contribution < -0.4 is 0 Å². The van der Waals surface area contributed by atoms with Gasteiger partial charge in [0, 0.05) is 26.7 Å². The number of aliphatic hydroxyl groups excluding tert-OH is 4. The van der Waals surface area contributed by atoms with Crippen LogP contribution in [0.25, 0.3) is 0 Å². The van der Waals surface area contributed by atoms with Crippen LogP contribution in [0, 0.1) is 23.2 Å². The quantitative estimate of drug-likeness (QED) is 0.342. The summed E-state index contributed by atoms with van der Waals surface area (Å²) in [5.74, 6) is 0.116. The largest absolute Gasteiger partial charge is 0.390 e. The van der Waals surface area contributed by atoms with Gasteiger partial charge in [-0.25, -0.2) is 0 Å². The molecule has 3 aliphatic carbocycles. The van der Waals surface area contributed by atoms with Gasteiger partial charge in [-0.15, -0.1) is 0 Å². The van der Waals surface area contributed by atoms with E-state index in [0.717, 1.165) is 31.3 Å². The highest BCUT2D eigenvalue weighted by atomic mass is 16.7. The summed E-state index contributed by atoms with van der Waals surface area (Å²) in [5, 5.41) is 43.8. The number of hydrogen-bond acceptors (Lipinski definition) is 9. The lowest BCUT2D eigenvalue weighted by Crippen LogP contribution is -2.61. The Morgan fingerprint density at radius 3 is 2.32 bits per heavy atom. The Balaban J connectivity index is 1.80. The predicted octanol–water partition coefficient (Wildman–Crippen LogP) is 1.96. The van der Waals surface area contributed by atoms with Gasteiger partial charge in [0.2, 0.25) is 0 Å². The Labute approximate surface area is 226 Å². The molecule has 0 amide bonds. The van der Waals surface area contributed by atoms with Gasteiger partial charge in [-0.1, -0.05) is 39.3 Å². The third-order valence-electron chi connectivity index (χ3n) is 9.65. The monoisotopic (exact) mass is 540 g/mol. The molecule has 4 rings (SSSR count). The van der Waals surface area contributed by atoms with E-state index in [4.69, 9.17) is 23.7 Å². The second kappa shape index (κ2) is 11.5. The number of allylic oxidation sites excluding steroid dienone is 2. The van der Waals surface area contributed by atoms with Crippen molar-refractivity contribution in [2.45, 2.75) is 102 Å². The molecule has 1 saturated heterocycles. The van der Waals surface area contributed by atoms with Gasteiger partial charge >= 0.3 is 0 Å². The zero-order chi connectivity index (χ0) is 28.0. The second-order valence-corrected chi connectivity index (χ2v) is 12.3. The van der Waals surface area contributed by atoms with Crippen LogP contribution in [-0.2, 0) is 23.7 Å². The number of fused-ring (bicyclic) bond motifs is 2. The first kappa shape index (κ1) is 30.1. The standard InChI is InChI=1S/C29H48O9/c1-15(2)17-8-10-28(4)12-19-18(9-11-29(19,36-7)14-35-6)16(3)22(30)26(21(17)28)38-27-25(33)24(32)23(31)20(37-27)13-34-5/h12,15-16,18,20,22-27,30-33H,8-11,13-14H2,1-7H3/t16-,18+,20-,22-,23-,24+,25-,26-,27-,28-,29-/m1/s1. The Morgan fingerprint density at radius 2 is 1.71 bits per heavy atom. The minimum atomic E-state index is -1.48. The fourth-order valence-electron chi connectivity index (χ4n) is 7.42. The highest BCUT2D eigenvalue weighted by Gasteiger charge is 2.55. The molecule has 11 atom stereocenters. The van der Waals surface area contributed by atoms with Crippen LogP contribution in [0.4, 0.5) is 0 Å². The third kappa shape index (κ3) is 5.03. The Morgan fingerprint density at radius 1 is 1.00 bits per heavy atom. The Bertz CT molecular complexity index is 902. The van der Waals surface area contributed by atoms with Crippen LogP contribution in [-0.4, -0.2) is 103 Å². The summed E-state index contributed by atoms with van der Waals surface area (Å²) in [6, 6.07) is 0. The molecular weight excluding hydrogens is 492 g/mol. The van der Waals surface area contributed by atoms with Gasteiger partial charge in [0.15, 0.2) is 6.29 Å². The Kier molecular flexibility index (Phi) is 9.14. The molecule has 0 aromatic heterocycles. The van der Waals surface area contributed by atoms with Crippen molar-refractivity contribution < 1.29 is 44.1 Å². The van der Waals surface area contributed by atoms with Gasteiger partial charge in [0.25, 0.3) is 0 Å². The molecule has 2 fully saturated rings. The molecule has 0 aromatic rings. The van der Waals surface area contributed by atoms with E-state index in [9.17, 15) is 20.4 Å². The molecule has 38 heavy (non-hydrogen) atoms. The molecule has 1 saturated carbocycles. The zero-order valence-corrected chi connectivity index (χ0v) is 23.9. The topological polar surface area (TPSA) is 127 Å². The minimum Gasteiger partial charge on any atom is -0.390 e. The van der Waals surface area contributed by atoms with Gasteiger partial charge in [-0.2, -0.15) is 0 Å². The molecule has 9 nitrogen and oxygen atoms in total. The third-order valence-corrected chi connectivity index (χ3v) is 9.65. The number of rotatable bonds is 8. The van der Waals surface area contributed by atoms with E-state index >= 15 is 0 Å². The average molecular weight is 541 g/mol. The molecule has 1 heterocycles. The normalized spacial score (nSPS) is 45.6. The zero-order valence-electron chi connectivity index (χ0n) is 23.9. The molecule has 9 heteroatoms. The molecule has 218 valence electrons. The molecule has 4 aliphatic rings. The fraction of sp³-hybridized carbons (Fsp3) is 0.862. The molecular formula is C29H48O9. The smallest absolute Gasteiger partial charge is 0.187 e. The summed E-state index contributed by atoms with van der Waals surface area (Å²) in [4.78, 5) is 0. The number of aliphatic hydroxyl groups is 4. The molecule has 0 radical (unpaired) electrons. The highest BCUT2D eigenvalue weighted by Crippen LogP contribution is 2.57. The minimum absolute atomic E-state index is 0.0266. The van der Waals surface area contributed by atoms with Crippen LogP contribution in [0.1, 0.15) is 53.4 Å². The number of ether oxygens (including phenoxy) is 5. The molecule has 0 unspecified atom stereocenters. The lowest BCUT2D eigenvalue weighted by Gasteiger charge is -2.46. The fourth-order valence-corrected chi connectivity index (χ4v) is 7.42. The first-order valence-corrected chi connectivity index (χ1v) is 14.0. The molecule has 4 N–H and O–H groups in total. The summed E-state index contributed by atoms with van der Waals surface area (Å²) in [5.41, 5.74) is 2.47. The van der Waals surface area contributed by atoms with E-state index in [1.165, 1.54) is 18.3 Å². The van der Waals surface area contributed by atoms with Crippen LogP contribution in [0.3, 0.4) is 0 Å². The van der Waals surface area contributed by atoms with Crippen molar-refractivity contribution in [2.24, 2.45) is 23.2 Å². The van der Waals surface area contributed by atoms with Crippen molar-refractivity contribution >= 4 is 0 Å². The average Bonchev–Trinajstić information content (AvgIpc) is 3.40. The van der Waals surface area contributed by atoms with Crippen molar-refractivity contribution in [2.75, 3.05) is 34.5 Å². The summed E-state index contributed by atoms with van der Waals surface area (Å²) < 4.78 is 29.4. The molecule has 0 bridgehead atoms. The number of methoxy groups -OCH3 is 3. The van der Waals surface area contributed by atoms with E-state index in [1.807, 2.05) is 6.92 Å². The maximum atomic E-state index is 12.0. The van der Waals surface area contributed by atoms with Crippen molar-refractivity contribution in [1.29, 1.82) is 0 Å². The molecule has 0 aromatic carbocycles. The van der Waals surface area contributed by atoms with Gasteiger partial charge in [0.05, 0.1) is 19.3 Å². The lowest BCUT2D eigenvalue weighted by molar-refractivity contribution is -0.316. The van der Waals surface area contributed by atoms with E-state index in [1.54, 1.807) is 14.2 Å². The van der Waals surface area contributed by atoms with Crippen molar-refractivity contribution in [1.82, 2.24) is 0 Å². The first-order chi connectivity index (χ1) is 17.9. The van der Waals surface area contributed by atoms with Crippen molar-refractivity contribution in [3.63, 3.8) is 0 Å². The summed E-state index contributed by atoms with van der Waals surface area (Å²) in [7, 11) is 4.90. The summed E-state index contributed by atoms with van der Waals surface area (Å²) in [6.45, 7) is 9.00. The van der Waals surface area contributed by atoms with E-state index in [2.05, 4.69) is 26.8 Å². The van der Waals surface area contributed by atoms with Crippen LogP contribution >= 0.6 is 0 Å². The highest BCUT2D eigenvalue weighted by molar-refractivity contribution is 5.43. The van der Waals surface area contributed by atoms with E-state index in [-0.39, 0.29) is 24.4 Å². The van der Waals surface area contributed by atoms with E-state index in [0.29, 0.717) is 6.61 Å². The molecule has 0 spiro atoms. The second-order valence-electron chi connectivity index (χ2n) is 12.3. The summed E-state index contributed by atoms with van der Waals surface area (Å²) >= 11 is 0. The SMILES string of the molecule is COC[C@H]1O[C@H](O[C@@H]2C3=C(C(C)C)CC[C@]3(C)C=C3[C@@H](CC[C@]3(COC)OC)[C@@H](C)[C@H]2O)[C@H](O)[C@@H](O)[C@@H]1O. The lowest BCUT2D eigenvalue weighted by atomic mass is 9.68. The predicted molar refractivity (Wildman–Crippen MR) is 140 cm³/mol. The molecule has 1 aliphatic heterocycles. The van der Waals surface area contributed by atoms with Gasteiger partial charge in [-0.05, 0) is 54.6 Å². The maximum Gasteiger partial charge on any atom is 0.187 e. The van der Waals surface area contributed by atoms with Crippen LogP contribution in [0.2, 0.25) is 0 Å². The number of hydrogen-bond donors (Lipinski definition) is 4. The van der Waals surface area contributed by atoms with Gasteiger partial charge in [0.1, 0.15) is 36.1 Å². The maximum absolute atomic E-state index is 12.0. The van der Waals surface area contributed by atoms with Crippen molar-refractivity contribution in [3.8, 4) is 0 Å². The van der Waals surface area contributed by atoms with Gasteiger partial charge in [-0.3, -0.25) is 0 Å². The van der Waals surface area contributed by atoms with Crippen LogP contribution in [0.5, 0.6) is 0 Å². The van der Waals surface area contributed by atoms with E-state index < -0.39 is 53.9 Å². The summed E-state index contributed by atoms with van der Waals surface area (Å²) in [6.07, 6.45) is -2.33.